The summed E-state index contributed by atoms with van der Waals surface area (Å²) in [5.74, 6) is -1.07. The van der Waals surface area contributed by atoms with E-state index in [0.29, 0.717) is 24.3 Å². The van der Waals surface area contributed by atoms with Crippen LogP contribution >= 0.6 is 11.8 Å². The smallest absolute Gasteiger partial charge is 0.548 e. The fraction of sp³-hybridized carbons (Fsp3) is 0.375. The Morgan fingerprint density at radius 3 is 2.38 bits per heavy atom. The maximum Gasteiger partial charge on any atom is 1.00 e. The number of aliphatic carboxylic acids is 1. The van der Waals surface area contributed by atoms with Crippen molar-refractivity contribution in [2.45, 2.75) is 51.5 Å². The number of carboxylic acid groups (broad SMARTS) is 1. The van der Waals surface area contributed by atoms with E-state index >= 15 is 0 Å². The maximum absolute atomic E-state index is 13.3. The molecule has 0 unspecified atom stereocenters. The third-order valence-corrected chi connectivity index (χ3v) is 7.88. The summed E-state index contributed by atoms with van der Waals surface area (Å²) < 4.78 is 6.31. The summed E-state index contributed by atoms with van der Waals surface area (Å²) in [5, 5.41) is 14.3. The zero-order valence-corrected chi connectivity index (χ0v) is 24.5. The van der Waals surface area contributed by atoms with Crippen LogP contribution in [-0.2, 0) is 22.7 Å². The molecule has 206 valence electrons. The minimum Gasteiger partial charge on any atom is -0.548 e. The third kappa shape index (κ3) is 8.99. The number of carbonyl (C=O) groups is 2. The van der Waals surface area contributed by atoms with Crippen molar-refractivity contribution in [2.75, 3.05) is 25.1 Å². The quantitative estimate of drug-likeness (QED) is 0.343. The molecule has 3 aromatic carbocycles. The van der Waals surface area contributed by atoms with Gasteiger partial charge in [0, 0.05) is 25.2 Å². The van der Waals surface area contributed by atoms with Gasteiger partial charge in [-0.1, -0.05) is 60.7 Å². The number of likely N-dealkylation sites (tertiary alicyclic amines) is 1. The van der Waals surface area contributed by atoms with Gasteiger partial charge in [0.1, 0.15) is 0 Å². The third-order valence-electron chi connectivity index (χ3n) is 7.23. The molecule has 1 fully saturated rings. The maximum atomic E-state index is 13.3. The van der Waals surface area contributed by atoms with Crippen LogP contribution in [0.3, 0.4) is 0 Å². The number of benzene rings is 3. The van der Waals surface area contributed by atoms with Crippen molar-refractivity contribution in [1.29, 1.82) is 0 Å². The summed E-state index contributed by atoms with van der Waals surface area (Å²) in [6.07, 6.45) is 4.38. The fourth-order valence-electron chi connectivity index (χ4n) is 4.99. The summed E-state index contributed by atoms with van der Waals surface area (Å²) in [4.78, 5) is 27.4. The molecular weight excluding hydrogens is 515 g/mol. The molecule has 1 amide bonds. The number of ether oxygens (including phenoxy) is 1. The van der Waals surface area contributed by atoms with Crippen LogP contribution in [0.4, 0.5) is 0 Å². The largest absolute Gasteiger partial charge is 1.00 e. The summed E-state index contributed by atoms with van der Waals surface area (Å²) in [6, 6.07) is 23.1. The Morgan fingerprint density at radius 1 is 1.00 bits per heavy atom. The van der Waals surface area contributed by atoms with Crippen LogP contribution in [0.2, 0.25) is 0 Å². The van der Waals surface area contributed by atoms with E-state index in [0.717, 1.165) is 54.7 Å². The van der Waals surface area contributed by atoms with Gasteiger partial charge in [-0.3, -0.25) is 9.69 Å². The van der Waals surface area contributed by atoms with Crippen molar-refractivity contribution in [1.82, 2.24) is 10.2 Å². The molecule has 40 heavy (non-hydrogen) atoms. The zero-order chi connectivity index (χ0) is 27.6. The van der Waals surface area contributed by atoms with Gasteiger partial charge in [0.25, 0.3) is 5.91 Å². The van der Waals surface area contributed by atoms with Crippen molar-refractivity contribution in [3.05, 3.63) is 95.1 Å². The topological polar surface area (TPSA) is 81.7 Å². The molecule has 1 heterocycles. The Labute approximate surface area is 254 Å². The predicted octanol–water partition coefficient (Wildman–Crippen LogP) is 1.45. The molecule has 0 aromatic heterocycles. The first kappa shape index (κ1) is 32.0. The average molecular weight is 553 g/mol. The molecule has 1 atom stereocenters. The van der Waals surface area contributed by atoms with Crippen LogP contribution in [0.5, 0.6) is 0 Å². The van der Waals surface area contributed by atoms with E-state index in [-0.39, 0.29) is 25.0 Å². The normalized spacial score (nSPS) is 14.8. The number of rotatable bonds is 12. The van der Waals surface area contributed by atoms with Gasteiger partial charge in [0.15, 0.2) is 0 Å². The van der Waals surface area contributed by atoms with Crippen LogP contribution in [0.1, 0.15) is 46.3 Å². The first-order chi connectivity index (χ1) is 18.9. The Kier molecular flexibility index (Phi) is 12.8. The Balaban J connectivity index is 0.00000441. The zero-order valence-electron chi connectivity index (χ0n) is 23.7. The minimum atomic E-state index is -1.27. The van der Waals surface area contributed by atoms with E-state index in [4.69, 9.17) is 4.74 Å². The predicted molar refractivity (Wildman–Crippen MR) is 155 cm³/mol. The van der Waals surface area contributed by atoms with Crippen molar-refractivity contribution in [3.63, 3.8) is 0 Å². The molecule has 1 aliphatic heterocycles. The van der Waals surface area contributed by atoms with Crippen molar-refractivity contribution in [2.24, 2.45) is 0 Å². The summed E-state index contributed by atoms with van der Waals surface area (Å²) in [6.45, 7) is 5.44. The molecule has 8 heteroatoms. The fourth-order valence-corrected chi connectivity index (χ4v) is 5.46. The molecule has 0 saturated carbocycles. The van der Waals surface area contributed by atoms with E-state index in [2.05, 4.69) is 34.5 Å². The number of carbonyl (C=O) groups excluding carboxylic acids is 2. The van der Waals surface area contributed by atoms with Gasteiger partial charge in [-0.2, -0.15) is 11.8 Å². The molecule has 0 aliphatic carbocycles. The van der Waals surface area contributed by atoms with E-state index in [1.807, 2.05) is 55.6 Å². The number of hydrogen-bond acceptors (Lipinski definition) is 6. The van der Waals surface area contributed by atoms with Gasteiger partial charge in [-0.05, 0) is 78.1 Å². The molecule has 1 aliphatic rings. The number of aryl methyl sites for hydroxylation is 1. The SMILES string of the molecule is CSCC[C@H](NC(=O)c1ccc(COC2CCN(Cc3ccccc3)CC2)cc1-c1ccccc1C)C(=O)[O-].[Li+]. The first-order valence-electron chi connectivity index (χ1n) is 13.5. The minimum absolute atomic E-state index is 0. The number of amides is 1. The van der Waals surface area contributed by atoms with E-state index < -0.39 is 17.9 Å². The number of carboxylic acids is 1. The van der Waals surface area contributed by atoms with Crippen LogP contribution in [-0.4, -0.2) is 54.0 Å². The van der Waals surface area contributed by atoms with Crippen molar-refractivity contribution in [3.8, 4) is 11.1 Å². The standard InChI is InChI=1S/C32H38N2O4S.Li/c1-23-8-6-7-11-27(23)29-20-25(12-13-28(29)31(35)33-30(32(36)37)16-19-39-2)22-38-26-14-17-34(18-15-26)21-24-9-4-3-5-10-24;/h3-13,20,26,30H,14-19,21-22H2,1-2H3,(H,33,35)(H,36,37);/q;+1/p-1/t30-;/m0./s1. The van der Waals surface area contributed by atoms with E-state index in [1.165, 1.54) is 17.3 Å². The molecule has 0 spiro atoms. The molecule has 6 nitrogen and oxygen atoms in total. The Hall–Kier alpha value is -2.53. The van der Waals surface area contributed by atoms with Crippen LogP contribution in [0, 0.1) is 6.92 Å². The number of piperidine rings is 1. The molecule has 4 rings (SSSR count). The number of thioether (sulfide) groups is 1. The first-order valence-corrected chi connectivity index (χ1v) is 14.9. The second-order valence-corrected chi connectivity index (χ2v) is 11.1. The van der Waals surface area contributed by atoms with Gasteiger partial charge in [0.2, 0.25) is 0 Å². The molecule has 0 bridgehead atoms. The van der Waals surface area contributed by atoms with Gasteiger partial charge in [-0.15, -0.1) is 0 Å². The number of nitrogens with zero attached hydrogens (tertiary/aromatic N) is 1. The van der Waals surface area contributed by atoms with E-state index in [9.17, 15) is 14.7 Å². The van der Waals surface area contributed by atoms with Gasteiger partial charge in [-0.25, -0.2) is 0 Å². The van der Waals surface area contributed by atoms with Crippen molar-refractivity contribution >= 4 is 23.6 Å². The molecule has 0 radical (unpaired) electrons. The Bertz CT molecular complexity index is 1250. The monoisotopic (exact) mass is 552 g/mol. The summed E-state index contributed by atoms with van der Waals surface area (Å²) in [5.41, 5.74) is 5.50. The average Bonchev–Trinajstić information content (AvgIpc) is 2.95. The van der Waals surface area contributed by atoms with Gasteiger partial charge in [0.05, 0.1) is 24.7 Å². The van der Waals surface area contributed by atoms with E-state index in [1.54, 1.807) is 6.07 Å². The van der Waals surface area contributed by atoms with Gasteiger partial charge >= 0.3 is 18.9 Å². The summed E-state index contributed by atoms with van der Waals surface area (Å²) >= 11 is 1.53. The molecule has 1 saturated heterocycles. The summed E-state index contributed by atoms with van der Waals surface area (Å²) in [7, 11) is 0. The molecule has 1 N–H and O–H groups in total. The van der Waals surface area contributed by atoms with Crippen LogP contribution in [0.15, 0.2) is 72.8 Å². The second-order valence-electron chi connectivity index (χ2n) is 10.1. The number of hydrogen-bond donors (Lipinski definition) is 1. The van der Waals surface area contributed by atoms with Crippen LogP contribution in [0.25, 0.3) is 11.1 Å². The van der Waals surface area contributed by atoms with Crippen molar-refractivity contribution < 1.29 is 38.3 Å². The van der Waals surface area contributed by atoms with Gasteiger partial charge < -0.3 is 20.0 Å². The Morgan fingerprint density at radius 2 is 1.70 bits per heavy atom. The second kappa shape index (κ2) is 16.0. The molecular formula is C32H37LiN2O4S. The number of nitrogens with one attached hydrogen (secondary N) is 1. The van der Waals surface area contributed by atoms with Crippen LogP contribution < -0.4 is 29.3 Å². The molecule has 3 aromatic rings.